The van der Waals surface area contributed by atoms with Crippen LogP contribution in [0.1, 0.15) is 28.3 Å². The highest BCUT2D eigenvalue weighted by Gasteiger charge is 2.08. The van der Waals surface area contributed by atoms with Crippen LogP contribution in [0, 0.1) is 19.7 Å². The van der Waals surface area contributed by atoms with Crippen molar-refractivity contribution in [3.05, 3.63) is 70.5 Å². The molecular weight excluding hydrogens is 225 g/mol. The predicted octanol–water partition coefficient (Wildman–Crippen LogP) is 3.69. The zero-order chi connectivity index (χ0) is 13.1. The number of hydrogen-bond donors (Lipinski definition) is 1. The van der Waals surface area contributed by atoms with Crippen molar-refractivity contribution in [2.75, 3.05) is 0 Å². The summed E-state index contributed by atoms with van der Waals surface area (Å²) >= 11 is 0. The van der Waals surface area contributed by atoms with Gasteiger partial charge in [0.05, 0.1) is 0 Å². The van der Waals surface area contributed by atoms with Crippen LogP contribution in [0.25, 0.3) is 0 Å². The highest BCUT2D eigenvalue weighted by molar-refractivity contribution is 5.31. The van der Waals surface area contributed by atoms with Gasteiger partial charge in [-0.05, 0) is 54.7 Å². The predicted molar refractivity (Wildman–Crippen MR) is 72.9 cm³/mol. The van der Waals surface area contributed by atoms with Crippen molar-refractivity contribution in [3.63, 3.8) is 0 Å². The second-order valence-electron chi connectivity index (χ2n) is 4.78. The van der Waals surface area contributed by atoms with Crippen LogP contribution >= 0.6 is 0 Å². The van der Waals surface area contributed by atoms with E-state index in [1.165, 1.54) is 28.8 Å². The van der Waals surface area contributed by atoms with Crippen LogP contribution in [0.4, 0.5) is 4.39 Å². The summed E-state index contributed by atoms with van der Waals surface area (Å²) in [5.41, 5.74) is 10.7. The average molecular weight is 243 g/mol. The van der Waals surface area contributed by atoms with Crippen LogP contribution in [-0.2, 0) is 6.42 Å². The van der Waals surface area contributed by atoms with Gasteiger partial charge in [0, 0.05) is 6.04 Å². The molecule has 0 spiro atoms. The van der Waals surface area contributed by atoms with Gasteiger partial charge >= 0.3 is 0 Å². The number of nitrogens with two attached hydrogens (primary N) is 1. The van der Waals surface area contributed by atoms with Crippen molar-refractivity contribution in [2.24, 2.45) is 5.73 Å². The van der Waals surface area contributed by atoms with E-state index < -0.39 is 0 Å². The monoisotopic (exact) mass is 243 g/mol. The van der Waals surface area contributed by atoms with Crippen molar-refractivity contribution in [1.82, 2.24) is 0 Å². The van der Waals surface area contributed by atoms with E-state index in [1.54, 1.807) is 6.07 Å². The molecule has 2 aromatic rings. The lowest BCUT2D eigenvalue weighted by Gasteiger charge is -2.13. The van der Waals surface area contributed by atoms with Gasteiger partial charge < -0.3 is 5.73 Å². The first-order valence-electron chi connectivity index (χ1n) is 6.13. The molecule has 18 heavy (non-hydrogen) atoms. The van der Waals surface area contributed by atoms with Gasteiger partial charge in [-0.3, -0.25) is 0 Å². The molecule has 94 valence electrons. The Bertz CT molecular complexity index is 549. The van der Waals surface area contributed by atoms with E-state index in [4.69, 9.17) is 5.73 Å². The largest absolute Gasteiger partial charge is 0.324 e. The van der Waals surface area contributed by atoms with Crippen molar-refractivity contribution >= 4 is 0 Å². The molecule has 0 fully saturated rings. The molecule has 0 radical (unpaired) electrons. The molecule has 0 amide bonds. The van der Waals surface area contributed by atoms with Crippen LogP contribution in [0.15, 0.2) is 42.5 Å². The molecule has 2 aromatic carbocycles. The summed E-state index contributed by atoms with van der Waals surface area (Å²) < 4.78 is 13.1. The smallest absolute Gasteiger partial charge is 0.123 e. The Balaban J connectivity index is 2.16. The average Bonchev–Trinajstić information content (AvgIpc) is 2.34. The Kier molecular flexibility index (Phi) is 3.78. The van der Waals surface area contributed by atoms with Gasteiger partial charge in [-0.1, -0.05) is 30.3 Å². The van der Waals surface area contributed by atoms with Crippen LogP contribution < -0.4 is 5.73 Å². The molecule has 0 aromatic heterocycles. The lowest BCUT2D eigenvalue weighted by atomic mass is 9.97. The fourth-order valence-electron chi connectivity index (χ4n) is 2.04. The highest BCUT2D eigenvalue weighted by Crippen LogP contribution is 2.18. The summed E-state index contributed by atoms with van der Waals surface area (Å²) in [6, 6.07) is 12.7. The number of halogens is 1. The summed E-state index contributed by atoms with van der Waals surface area (Å²) in [5.74, 6) is -0.233. The maximum Gasteiger partial charge on any atom is 0.123 e. The number of aryl methyl sites for hydroxylation is 2. The van der Waals surface area contributed by atoms with E-state index in [-0.39, 0.29) is 11.9 Å². The lowest BCUT2D eigenvalue weighted by Crippen LogP contribution is -2.13. The molecule has 2 heteroatoms. The summed E-state index contributed by atoms with van der Waals surface area (Å²) in [7, 11) is 0. The third kappa shape index (κ3) is 2.96. The fourth-order valence-corrected chi connectivity index (χ4v) is 2.04. The van der Waals surface area contributed by atoms with Gasteiger partial charge in [0.2, 0.25) is 0 Å². The van der Waals surface area contributed by atoms with Crippen molar-refractivity contribution in [1.29, 1.82) is 0 Å². The molecule has 2 N–H and O–H groups in total. The maximum atomic E-state index is 13.1. The maximum absolute atomic E-state index is 13.1. The molecule has 1 nitrogen and oxygen atoms in total. The molecule has 0 saturated heterocycles. The molecule has 0 aliphatic carbocycles. The van der Waals surface area contributed by atoms with Gasteiger partial charge in [-0.25, -0.2) is 4.39 Å². The first-order chi connectivity index (χ1) is 8.56. The minimum absolute atomic E-state index is 0.164. The summed E-state index contributed by atoms with van der Waals surface area (Å²) in [6.07, 6.45) is 0.727. The van der Waals surface area contributed by atoms with E-state index in [0.29, 0.717) is 0 Å². The summed E-state index contributed by atoms with van der Waals surface area (Å²) in [4.78, 5) is 0. The Morgan fingerprint density at radius 1 is 1.06 bits per heavy atom. The molecule has 1 unspecified atom stereocenters. The second kappa shape index (κ2) is 5.32. The van der Waals surface area contributed by atoms with Crippen molar-refractivity contribution in [3.8, 4) is 0 Å². The molecule has 0 bridgehead atoms. The Labute approximate surface area is 107 Å². The molecule has 0 saturated carbocycles. The van der Waals surface area contributed by atoms with E-state index in [1.807, 2.05) is 6.07 Å². The molecule has 2 rings (SSSR count). The van der Waals surface area contributed by atoms with E-state index in [9.17, 15) is 4.39 Å². The number of benzene rings is 2. The molecule has 0 aliphatic heterocycles. The van der Waals surface area contributed by atoms with E-state index >= 15 is 0 Å². The molecule has 1 atom stereocenters. The van der Waals surface area contributed by atoms with E-state index in [2.05, 4.69) is 32.0 Å². The first kappa shape index (κ1) is 12.8. The second-order valence-corrected chi connectivity index (χ2v) is 4.78. The third-order valence-corrected chi connectivity index (χ3v) is 3.30. The van der Waals surface area contributed by atoms with Gasteiger partial charge in [-0.15, -0.1) is 0 Å². The Morgan fingerprint density at radius 3 is 2.50 bits per heavy atom. The first-order valence-corrected chi connectivity index (χ1v) is 6.13. The van der Waals surface area contributed by atoms with Crippen LogP contribution in [-0.4, -0.2) is 0 Å². The van der Waals surface area contributed by atoms with Crippen molar-refractivity contribution in [2.45, 2.75) is 26.3 Å². The summed E-state index contributed by atoms with van der Waals surface area (Å²) in [5, 5.41) is 0. The highest BCUT2D eigenvalue weighted by atomic mass is 19.1. The fraction of sp³-hybridized carbons (Fsp3) is 0.250. The summed E-state index contributed by atoms with van der Waals surface area (Å²) in [6.45, 7) is 4.18. The van der Waals surface area contributed by atoms with E-state index in [0.717, 1.165) is 12.0 Å². The molecule has 0 heterocycles. The topological polar surface area (TPSA) is 26.0 Å². The SMILES string of the molecule is Cc1ccc(CC(N)c2cccc(F)c2)cc1C. The van der Waals surface area contributed by atoms with Crippen LogP contribution in [0.3, 0.4) is 0 Å². The number of hydrogen-bond acceptors (Lipinski definition) is 1. The normalized spacial score (nSPS) is 12.4. The lowest BCUT2D eigenvalue weighted by molar-refractivity contribution is 0.618. The van der Waals surface area contributed by atoms with Gasteiger partial charge in [0.25, 0.3) is 0 Å². The Morgan fingerprint density at radius 2 is 1.83 bits per heavy atom. The quantitative estimate of drug-likeness (QED) is 0.874. The van der Waals surface area contributed by atoms with Crippen LogP contribution in [0.2, 0.25) is 0 Å². The number of rotatable bonds is 3. The Hall–Kier alpha value is -1.67. The zero-order valence-electron chi connectivity index (χ0n) is 10.8. The van der Waals surface area contributed by atoms with Gasteiger partial charge in [-0.2, -0.15) is 0 Å². The zero-order valence-corrected chi connectivity index (χ0v) is 10.8. The minimum atomic E-state index is -0.233. The minimum Gasteiger partial charge on any atom is -0.324 e. The van der Waals surface area contributed by atoms with Gasteiger partial charge in [0.15, 0.2) is 0 Å². The molecular formula is C16H18FN. The van der Waals surface area contributed by atoms with Crippen LogP contribution in [0.5, 0.6) is 0 Å². The third-order valence-electron chi connectivity index (χ3n) is 3.30. The van der Waals surface area contributed by atoms with Gasteiger partial charge in [0.1, 0.15) is 5.82 Å². The standard InChI is InChI=1S/C16H18FN/c1-11-6-7-13(8-12(11)2)9-16(18)14-4-3-5-15(17)10-14/h3-8,10,16H,9,18H2,1-2H3. The van der Waals surface area contributed by atoms with Crippen molar-refractivity contribution < 1.29 is 4.39 Å². The molecule has 0 aliphatic rings.